The SMILES string of the molecule is O=C(CSc1nc2cc(F)c(F)cc2[nH]1)N1CCNC1=O. The van der Waals surface area contributed by atoms with Crippen molar-refractivity contribution in [2.75, 3.05) is 18.8 Å². The van der Waals surface area contributed by atoms with Crippen LogP contribution in [0.15, 0.2) is 17.3 Å². The highest BCUT2D eigenvalue weighted by molar-refractivity contribution is 7.99. The Morgan fingerprint density at radius 2 is 2.14 bits per heavy atom. The number of H-pyrrole nitrogens is 1. The van der Waals surface area contributed by atoms with Crippen LogP contribution in [-0.4, -0.2) is 45.6 Å². The first-order valence-corrected chi connectivity index (χ1v) is 7.09. The van der Waals surface area contributed by atoms with E-state index in [1.165, 1.54) is 0 Å². The molecule has 0 aliphatic carbocycles. The van der Waals surface area contributed by atoms with Gasteiger partial charge in [0.1, 0.15) is 0 Å². The number of hydrogen-bond acceptors (Lipinski definition) is 4. The number of fused-ring (bicyclic) bond motifs is 1. The fraction of sp³-hybridized carbons (Fsp3) is 0.250. The van der Waals surface area contributed by atoms with Crippen molar-refractivity contribution in [3.63, 3.8) is 0 Å². The lowest BCUT2D eigenvalue weighted by molar-refractivity contribution is -0.124. The van der Waals surface area contributed by atoms with Gasteiger partial charge in [-0.1, -0.05) is 11.8 Å². The number of halogens is 2. The Balaban J connectivity index is 1.70. The Labute approximate surface area is 121 Å². The van der Waals surface area contributed by atoms with Gasteiger partial charge in [-0.15, -0.1) is 0 Å². The average molecular weight is 312 g/mol. The number of benzene rings is 1. The number of carbonyl (C=O) groups is 2. The first-order chi connectivity index (χ1) is 10.0. The molecule has 3 amide bonds. The molecule has 1 aromatic heterocycles. The number of aromatic nitrogens is 2. The molecule has 1 saturated heterocycles. The molecule has 3 rings (SSSR count). The molecular weight excluding hydrogens is 302 g/mol. The van der Waals surface area contributed by atoms with Crippen LogP contribution in [0.5, 0.6) is 0 Å². The van der Waals surface area contributed by atoms with E-state index in [1.54, 1.807) is 0 Å². The quantitative estimate of drug-likeness (QED) is 0.842. The van der Waals surface area contributed by atoms with Crippen LogP contribution in [0.4, 0.5) is 13.6 Å². The topological polar surface area (TPSA) is 78.1 Å². The summed E-state index contributed by atoms with van der Waals surface area (Å²) in [6, 6.07) is 1.59. The summed E-state index contributed by atoms with van der Waals surface area (Å²) in [6.07, 6.45) is 0. The predicted molar refractivity (Wildman–Crippen MR) is 71.8 cm³/mol. The summed E-state index contributed by atoms with van der Waals surface area (Å²) in [5.41, 5.74) is 0.630. The van der Waals surface area contributed by atoms with Crippen molar-refractivity contribution in [3.8, 4) is 0 Å². The number of nitrogens with one attached hydrogen (secondary N) is 2. The van der Waals surface area contributed by atoms with E-state index < -0.39 is 17.7 Å². The molecule has 110 valence electrons. The minimum atomic E-state index is -0.977. The monoisotopic (exact) mass is 312 g/mol. The molecule has 0 radical (unpaired) electrons. The van der Waals surface area contributed by atoms with Crippen LogP contribution in [0.25, 0.3) is 11.0 Å². The maximum absolute atomic E-state index is 13.1. The zero-order valence-electron chi connectivity index (χ0n) is 10.7. The third-order valence-corrected chi connectivity index (χ3v) is 3.85. The molecule has 2 heterocycles. The Kier molecular flexibility index (Phi) is 3.50. The third-order valence-electron chi connectivity index (χ3n) is 2.99. The molecule has 2 aromatic rings. The van der Waals surface area contributed by atoms with Gasteiger partial charge in [0.2, 0.25) is 5.91 Å². The number of carbonyl (C=O) groups excluding carboxylic acids is 2. The molecule has 1 fully saturated rings. The Hall–Kier alpha value is -2.16. The first-order valence-electron chi connectivity index (χ1n) is 6.10. The number of urea groups is 1. The van der Waals surface area contributed by atoms with E-state index in [4.69, 9.17) is 0 Å². The molecular formula is C12H10F2N4O2S. The molecule has 1 aliphatic heterocycles. The second kappa shape index (κ2) is 5.32. The molecule has 0 bridgehead atoms. The summed E-state index contributed by atoms with van der Waals surface area (Å²) in [4.78, 5) is 31.1. The van der Waals surface area contributed by atoms with Crippen LogP contribution >= 0.6 is 11.8 Å². The number of rotatable bonds is 3. The lowest BCUT2D eigenvalue weighted by Crippen LogP contribution is -2.35. The van der Waals surface area contributed by atoms with Crippen molar-refractivity contribution in [2.45, 2.75) is 5.16 Å². The van der Waals surface area contributed by atoms with E-state index in [0.717, 1.165) is 28.8 Å². The van der Waals surface area contributed by atoms with E-state index in [0.29, 0.717) is 23.8 Å². The maximum Gasteiger partial charge on any atom is 0.324 e. The van der Waals surface area contributed by atoms with Gasteiger partial charge in [-0.3, -0.25) is 9.69 Å². The van der Waals surface area contributed by atoms with Gasteiger partial charge in [-0.2, -0.15) is 0 Å². The van der Waals surface area contributed by atoms with E-state index >= 15 is 0 Å². The van der Waals surface area contributed by atoms with Gasteiger partial charge in [-0.25, -0.2) is 18.6 Å². The summed E-state index contributed by atoms with van der Waals surface area (Å²) in [7, 11) is 0. The maximum atomic E-state index is 13.1. The standard InChI is InChI=1S/C12H10F2N4O2S/c13-6-3-8-9(4-7(6)14)17-11(16-8)21-5-10(19)18-2-1-15-12(18)20/h3-4H,1-2,5H2,(H,15,20)(H,16,17). The van der Waals surface area contributed by atoms with Crippen LogP contribution in [0, 0.1) is 11.6 Å². The summed E-state index contributed by atoms with van der Waals surface area (Å²) in [5, 5.41) is 2.90. The number of imide groups is 1. The van der Waals surface area contributed by atoms with E-state index in [2.05, 4.69) is 15.3 Å². The van der Waals surface area contributed by atoms with Crippen molar-refractivity contribution in [2.24, 2.45) is 0 Å². The number of thioether (sulfide) groups is 1. The van der Waals surface area contributed by atoms with Crippen LogP contribution in [0.1, 0.15) is 0 Å². The summed E-state index contributed by atoms with van der Waals surface area (Å²) in [6.45, 7) is 0.785. The fourth-order valence-corrected chi connectivity index (χ4v) is 2.73. The normalized spacial score (nSPS) is 14.8. The highest BCUT2D eigenvalue weighted by atomic mass is 32.2. The highest BCUT2D eigenvalue weighted by Crippen LogP contribution is 2.22. The number of hydrogen-bond donors (Lipinski definition) is 2. The van der Waals surface area contributed by atoms with Crippen LogP contribution < -0.4 is 5.32 Å². The zero-order chi connectivity index (χ0) is 15.0. The lowest BCUT2D eigenvalue weighted by Gasteiger charge is -2.10. The molecule has 2 N–H and O–H groups in total. The van der Waals surface area contributed by atoms with Crippen LogP contribution in [0.3, 0.4) is 0 Å². The molecule has 1 aromatic carbocycles. The molecule has 21 heavy (non-hydrogen) atoms. The summed E-state index contributed by atoms with van der Waals surface area (Å²) in [5.74, 6) is -2.27. The first kappa shape index (κ1) is 13.8. The second-order valence-corrected chi connectivity index (χ2v) is 5.36. The van der Waals surface area contributed by atoms with E-state index in [1.807, 2.05) is 0 Å². The van der Waals surface area contributed by atoms with Gasteiger partial charge in [0, 0.05) is 25.2 Å². The molecule has 6 nitrogen and oxygen atoms in total. The van der Waals surface area contributed by atoms with E-state index in [9.17, 15) is 18.4 Å². The molecule has 0 spiro atoms. The number of imidazole rings is 1. The van der Waals surface area contributed by atoms with Crippen molar-refractivity contribution < 1.29 is 18.4 Å². The molecule has 0 saturated carbocycles. The van der Waals surface area contributed by atoms with Gasteiger partial charge in [0.05, 0.1) is 16.8 Å². The van der Waals surface area contributed by atoms with Gasteiger partial charge in [0.25, 0.3) is 0 Å². The predicted octanol–water partition coefficient (Wildman–Crippen LogP) is 1.48. The smallest absolute Gasteiger partial charge is 0.324 e. The van der Waals surface area contributed by atoms with Gasteiger partial charge >= 0.3 is 6.03 Å². The van der Waals surface area contributed by atoms with Crippen molar-refractivity contribution >= 4 is 34.7 Å². The van der Waals surface area contributed by atoms with Gasteiger partial charge in [0.15, 0.2) is 16.8 Å². The van der Waals surface area contributed by atoms with Crippen LogP contribution in [0.2, 0.25) is 0 Å². The van der Waals surface area contributed by atoms with Gasteiger partial charge in [-0.05, 0) is 0 Å². The van der Waals surface area contributed by atoms with Crippen LogP contribution in [-0.2, 0) is 4.79 Å². The second-order valence-electron chi connectivity index (χ2n) is 4.39. The molecule has 0 unspecified atom stereocenters. The minimum absolute atomic E-state index is 0.0121. The van der Waals surface area contributed by atoms with Gasteiger partial charge < -0.3 is 10.3 Å². The lowest BCUT2D eigenvalue weighted by atomic mass is 10.3. The zero-order valence-corrected chi connectivity index (χ0v) is 11.5. The average Bonchev–Trinajstić information content (AvgIpc) is 3.03. The highest BCUT2D eigenvalue weighted by Gasteiger charge is 2.26. The fourth-order valence-electron chi connectivity index (χ4n) is 1.97. The molecule has 9 heteroatoms. The van der Waals surface area contributed by atoms with Crippen molar-refractivity contribution in [3.05, 3.63) is 23.8 Å². The molecule has 0 atom stereocenters. The van der Waals surface area contributed by atoms with Crippen molar-refractivity contribution in [1.29, 1.82) is 0 Å². The summed E-state index contributed by atoms with van der Waals surface area (Å²) < 4.78 is 26.2. The largest absolute Gasteiger partial charge is 0.336 e. The number of aromatic amines is 1. The third kappa shape index (κ3) is 2.68. The minimum Gasteiger partial charge on any atom is -0.336 e. The molecule has 1 aliphatic rings. The summed E-state index contributed by atoms with van der Waals surface area (Å²) >= 11 is 1.07. The Morgan fingerprint density at radius 1 is 1.38 bits per heavy atom. The number of amides is 3. The Morgan fingerprint density at radius 3 is 2.86 bits per heavy atom. The van der Waals surface area contributed by atoms with E-state index in [-0.39, 0.29) is 17.2 Å². The van der Waals surface area contributed by atoms with Crippen molar-refractivity contribution in [1.82, 2.24) is 20.2 Å². The Bertz CT molecular complexity index is 694. The number of nitrogens with zero attached hydrogens (tertiary/aromatic N) is 2.